The molecule has 2 aromatic heterocycles. The maximum absolute atomic E-state index is 14.3. The molecule has 3 aromatic rings. The van der Waals surface area contributed by atoms with Crippen molar-refractivity contribution in [2.75, 3.05) is 6.61 Å². The number of ether oxygens (including phenoxy) is 1. The Morgan fingerprint density at radius 1 is 1.10 bits per heavy atom. The van der Waals surface area contributed by atoms with E-state index < -0.39 is 11.6 Å². The first-order chi connectivity index (χ1) is 14.4. The van der Waals surface area contributed by atoms with E-state index in [0.717, 1.165) is 24.1 Å². The number of nitrogens with zero attached hydrogens (tertiary/aromatic N) is 3. The molecule has 0 fully saturated rings. The summed E-state index contributed by atoms with van der Waals surface area (Å²) < 4.78 is 34.7. The summed E-state index contributed by atoms with van der Waals surface area (Å²) in [6.45, 7) is 6.82. The van der Waals surface area contributed by atoms with Crippen LogP contribution in [0.1, 0.15) is 50.8 Å². The van der Waals surface area contributed by atoms with Crippen LogP contribution in [0.4, 0.5) is 8.78 Å². The summed E-state index contributed by atoms with van der Waals surface area (Å²) in [5.74, 6) is -0.103. The summed E-state index contributed by atoms with van der Waals surface area (Å²) in [6.07, 6.45) is 3.52. The van der Waals surface area contributed by atoms with Crippen molar-refractivity contribution < 1.29 is 13.5 Å². The highest BCUT2D eigenvalue weighted by Gasteiger charge is 2.40. The standard InChI is InChI=1S/C24H25F2N3O/c1-15(2)16-10-11-24(3,14-30-21-9-4-5-12-27-21)23-17(16)13-20(28-29-23)22-18(25)7-6-8-19(22)26/h4-9,12-13,15-16H,10-11,14H2,1-3H3. The first kappa shape index (κ1) is 20.4. The van der Waals surface area contributed by atoms with Crippen LogP contribution in [-0.2, 0) is 5.41 Å². The highest BCUT2D eigenvalue weighted by atomic mass is 19.1. The van der Waals surface area contributed by atoms with Crippen LogP contribution in [0.25, 0.3) is 11.3 Å². The summed E-state index contributed by atoms with van der Waals surface area (Å²) in [4.78, 5) is 4.22. The number of rotatable bonds is 5. The average molecular weight is 409 g/mol. The van der Waals surface area contributed by atoms with E-state index in [2.05, 4.69) is 36.0 Å². The van der Waals surface area contributed by atoms with E-state index >= 15 is 0 Å². The molecule has 4 nitrogen and oxygen atoms in total. The first-order valence-electron chi connectivity index (χ1n) is 10.3. The van der Waals surface area contributed by atoms with Crippen LogP contribution in [-0.4, -0.2) is 21.8 Å². The predicted octanol–water partition coefficient (Wildman–Crippen LogP) is 5.69. The summed E-state index contributed by atoms with van der Waals surface area (Å²) in [5.41, 5.74) is 1.56. The van der Waals surface area contributed by atoms with Crippen LogP contribution in [0.2, 0.25) is 0 Å². The van der Waals surface area contributed by atoms with Gasteiger partial charge in [-0.15, -0.1) is 0 Å². The lowest BCUT2D eigenvalue weighted by Crippen LogP contribution is -2.37. The van der Waals surface area contributed by atoms with Crippen molar-refractivity contribution in [1.82, 2.24) is 15.2 Å². The number of pyridine rings is 1. The molecule has 1 aromatic carbocycles. The Kier molecular flexibility index (Phi) is 5.50. The van der Waals surface area contributed by atoms with Crippen LogP contribution in [0, 0.1) is 17.6 Å². The van der Waals surface area contributed by atoms with Crippen LogP contribution in [0.5, 0.6) is 5.88 Å². The second kappa shape index (κ2) is 8.09. The Balaban J connectivity index is 1.74. The summed E-state index contributed by atoms with van der Waals surface area (Å²) in [6, 6.07) is 11.2. The van der Waals surface area contributed by atoms with Crippen LogP contribution >= 0.6 is 0 Å². The van der Waals surface area contributed by atoms with E-state index in [1.54, 1.807) is 6.20 Å². The van der Waals surface area contributed by atoms with Crippen molar-refractivity contribution in [3.05, 3.63) is 71.6 Å². The third-order valence-electron chi connectivity index (χ3n) is 6.00. The van der Waals surface area contributed by atoms with Crippen molar-refractivity contribution in [2.45, 2.75) is 44.9 Å². The third kappa shape index (κ3) is 3.78. The number of benzene rings is 1. The molecule has 0 amide bonds. The molecule has 0 bridgehead atoms. The van der Waals surface area contributed by atoms with Crippen LogP contribution < -0.4 is 4.74 Å². The van der Waals surface area contributed by atoms with Crippen molar-refractivity contribution >= 4 is 0 Å². The van der Waals surface area contributed by atoms with Gasteiger partial charge in [0.25, 0.3) is 0 Å². The van der Waals surface area contributed by atoms with Gasteiger partial charge in [-0.25, -0.2) is 13.8 Å². The maximum Gasteiger partial charge on any atom is 0.213 e. The minimum absolute atomic E-state index is 0.132. The number of hydrogen-bond acceptors (Lipinski definition) is 4. The zero-order chi connectivity index (χ0) is 21.3. The Morgan fingerprint density at radius 3 is 2.53 bits per heavy atom. The molecular formula is C24H25F2N3O. The average Bonchev–Trinajstić information content (AvgIpc) is 2.73. The third-order valence-corrected chi connectivity index (χ3v) is 6.00. The molecule has 6 heteroatoms. The van der Waals surface area contributed by atoms with Crippen LogP contribution in [0.3, 0.4) is 0 Å². The fourth-order valence-corrected chi connectivity index (χ4v) is 4.27. The molecule has 0 saturated heterocycles. The molecule has 2 unspecified atom stereocenters. The predicted molar refractivity (Wildman–Crippen MR) is 111 cm³/mol. The lowest BCUT2D eigenvalue weighted by atomic mass is 9.68. The zero-order valence-corrected chi connectivity index (χ0v) is 17.4. The number of fused-ring (bicyclic) bond motifs is 1. The summed E-state index contributed by atoms with van der Waals surface area (Å²) in [5, 5.41) is 8.72. The summed E-state index contributed by atoms with van der Waals surface area (Å²) in [7, 11) is 0. The van der Waals surface area contributed by atoms with Gasteiger partial charge in [-0.3, -0.25) is 0 Å². The zero-order valence-electron chi connectivity index (χ0n) is 17.4. The molecular weight excluding hydrogens is 384 g/mol. The van der Waals surface area contributed by atoms with Gasteiger partial charge in [-0.05, 0) is 54.5 Å². The van der Waals surface area contributed by atoms with Gasteiger partial charge < -0.3 is 4.74 Å². The van der Waals surface area contributed by atoms with E-state index in [1.807, 2.05) is 24.3 Å². The molecule has 2 atom stereocenters. The normalized spacial score (nSPS) is 20.8. The molecule has 4 rings (SSSR count). The Morgan fingerprint density at radius 2 is 1.87 bits per heavy atom. The van der Waals surface area contributed by atoms with Gasteiger partial charge in [0.1, 0.15) is 18.2 Å². The van der Waals surface area contributed by atoms with E-state index in [4.69, 9.17) is 4.74 Å². The molecule has 0 spiro atoms. The quantitative estimate of drug-likeness (QED) is 0.543. The Bertz CT molecular complexity index is 1020. The molecule has 156 valence electrons. The minimum Gasteiger partial charge on any atom is -0.477 e. The van der Waals surface area contributed by atoms with E-state index in [-0.39, 0.29) is 22.6 Å². The SMILES string of the molecule is CC(C)C1CCC(C)(COc2ccccn2)c2nnc(-c3c(F)cccc3F)cc21. The van der Waals surface area contributed by atoms with E-state index in [9.17, 15) is 8.78 Å². The molecule has 0 radical (unpaired) electrons. The van der Waals surface area contributed by atoms with Gasteiger partial charge in [0.2, 0.25) is 5.88 Å². The Labute approximate surface area is 175 Å². The lowest BCUT2D eigenvalue weighted by Gasteiger charge is -2.39. The summed E-state index contributed by atoms with van der Waals surface area (Å²) >= 11 is 0. The van der Waals surface area contributed by atoms with Gasteiger partial charge >= 0.3 is 0 Å². The molecule has 30 heavy (non-hydrogen) atoms. The lowest BCUT2D eigenvalue weighted by molar-refractivity contribution is 0.185. The number of hydrogen-bond donors (Lipinski definition) is 0. The fraction of sp³-hybridized carbons (Fsp3) is 0.375. The van der Waals surface area contributed by atoms with Crippen molar-refractivity contribution in [2.24, 2.45) is 5.92 Å². The van der Waals surface area contributed by atoms with Gasteiger partial charge in [-0.1, -0.05) is 32.9 Å². The number of aromatic nitrogens is 3. The van der Waals surface area contributed by atoms with Gasteiger partial charge in [0.15, 0.2) is 0 Å². The van der Waals surface area contributed by atoms with Crippen molar-refractivity contribution in [1.29, 1.82) is 0 Å². The molecule has 1 aliphatic rings. The van der Waals surface area contributed by atoms with Crippen molar-refractivity contribution in [3.8, 4) is 17.1 Å². The largest absolute Gasteiger partial charge is 0.477 e. The second-order valence-corrected chi connectivity index (χ2v) is 8.54. The first-order valence-corrected chi connectivity index (χ1v) is 10.3. The maximum atomic E-state index is 14.3. The minimum atomic E-state index is -0.637. The second-order valence-electron chi connectivity index (χ2n) is 8.54. The smallest absolute Gasteiger partial charge is 0.213 e. The molecule has 0 N–H and O–H groups in total. The van der Waals surface area contributed by atoms with Crippen LogP contribution in [0.15, 0.2) is 48.7 Å². The molecule has 2 heterocycles. The monoisotopic (exact) mass is 409 g/mol. The van der Waals surface area contributed by atoms with E-state index in [1.165, 1.54) is 18.2 Å². The van der Waals surface area contributed by atoms with Crippen molar-refractivity contribution in [3.63, 3.8) is 0 Å². The van der Waals surface area contributed by atoms with Gasteiger partial charge in [-0.2, -0.15) is 10.2 Å². The Hall–Kier alpha value is -2.89. The topological polar surface area (TPSA) is 47.9 Å². The number of halogens is 2. The molecule has 0 saturated carbocycles. The van der Waals surface area contributed by atoms with Gasteiger partial charge in [0.05, 0.1) is 17.0 Å². The fourth-order valence-electron chi connectivity index (χ4n) is 4.27. The highest BCUT2D eigenvalue weighted by molar-refractivity contribution is 5.62. The van der Waals surface area contributed by atoms with Gasteiger partial charge in [0, 0.05) is 17.7 Å². The highest BCUT2D eigenvalue weighted by Crippen LogP contribution is 2.45. The molecule has 1 aliphatic carbocycles. The molecule has 0 aliphatic heterocycles. The van der Waals surface area contributed by atoms with E-state index in [0.29, 0.717) is 18.4 Å².